The van der Waals surface area contributed by atoms with E-state index in [1.54, 1.807) is 4.90 Å². The lowest BCUT2D eigenvalue weighted by Gasteiger charge is -2.41. The van der Waals surface area contributed by atoms with Gasteiger partial charge in [0.25, 0.3) is 5.91 Å². The minimum atomic E-state index is -0.554. The Labute approximate surface area is 170 Å². The molecule has 29 heavy (non-hydrogen) atoms. The van der Waals surface area contributed by atoms with Crippen molar-refractivity contribution < 1.29 is 14.4 Å². The molecule has 4 aliphatic rings. The van der Waals surface area contributed by atoms with Gasteiger partial charge in [0.2, 0.25) is 11.8 Å². The number of nitrogens with zero attached hydrogens (tertiary/aromatic N) is 2. The zero-order valence-electron chi connectivity index (χ0n) is 16.7. The third kappa shape index (κ3) is 3.36. The van der Waals surface area contributed by atoms with Gasteiger partial charge in [-0.25, -0.2) is 0 Å². The minimum absolute atomic E-state index is 0.0936. The highest BCUT2D eigenvalue weighted by molar-refractivity contribution is 6.05. The van der Waals surface area contributed by atoms with Gasteiger partial charge in [0.15, 0.2) is 0 Å². The third-order valence-electron chi connectivity index (χ3n) is 7.06. The fourth-order valence-electron chi connectivity index (χ4n) is 5.62. The average Bonchev–Trinajstić information content (AvgIpc) is 3.28. The lowest BCUT2D eigenvalue weighted by atomic mass is 9.87. The van der Waals surface area contributed by atoms with Crippen LogP contribution >= 0.6 is 0 Å². The second kappa shape index (κ2) is 7.22. The van der Waals surface area contributed by atoms with Crippen LogP contribution in [-0.2, 0) is 22.7 Å². The van der Waals surface area contributed by atoms with E-state index in [9.17, 15) is 14.4 Å². The second-order valence-corrected chi connectivity index (χ2v) is 8.97. The van der Waals surface area contributed by atoms with Crippen molar-refractivity contribution in [3.05, 3.63) is 34.9 Å². The molecular formula is C22H28N4O3. The van der Waals surface area contributed by atoms with Gasteiger partial charge in [-0.2, -0.15) is 0 Å². The molecule has 2 unspecified atom stereocenters. The van der Waals surface area contributed by atoms with Crippen molar-refractivity contribution in [2.45, 2.75) is 63.2 Å². The Bertz CT molecular complexity index is 862. The fraction of sp³-hybridized carbons (Fsp3) is 0.591. The summed E-state index contributed by atoms with van der Waals surface area (Å²) in [6.07, 6.45) is 5.63. The highest BCUT2D eigenvalue weighted by Gasteiger charge is 2.41. The van der Waals surface area contributed by atoms with Crippen molar-refractivity contribution in [1.82, 2.24) is 20.4 Å². The van der Waals surface area contributed by atoms with Crippen LogP contribution < -0.4 is 10.6 Å². The normalized spacial score (nSPS) is 30.1. The minimum Gasteiger partial charge on any atom is -0.322 e. The number of nitrogens with one attached hydrogen (secondary N) is 2. The zero-order chi connectivity index (χ0) is 20.0. The number of fused-ring (bicyclic) bond motifs is 1. The van der Waals surface area contributed by atoms with Crippen molar-refractivity contribution >= 4 is 17.7 Å². The van der Waals surface area contributed by atoms with E-state index in [1.807, 2.05) is 12.1 Å². The van der Waals surface area contributed by atoms with Crippen LogP contribution in [0.4, 0.5) is 0 Å². The van der Waals surface area contributed by atoms with Crippen LogP contribution in [0.5, 0.6) is 0 Å². The smallest absolute Gasteiger partial charge is 0.255 e. The highest BCUT2D eigenvalue weighted by atomic mass is 16.2. The SMILES string of the molecule is O=C1CCC(N2Cc3c(CN4CCCC5(CCCN5)C4)cccc3C2=O)C(=O)N1. The fourth-order valence-corrected chi connectivity index (χ4v) is 5.62. The monoisotopic (exact) mass is 396 g/mol. The first-order valence-electron chi connectivity index (χ1n) is 10.8. The topological polar surface area (TPSA) is 81.8 Å². The molecule has 1 aromatic rings. The van der Waals surface area contributed by atoms with E-state index < -0.39 is 6.04 Å². The van der Waals surface area contributed by atoms with Crippen LogP contribution in [0, 0.1) is 0 Å². The van der Waals surface area contributed by atoms with E-state index in [4.69, 9.17) is 0 Å². The molecule has 0 bridgehead atoms. The summed E-state index contributed by atoms with van der Waals surface area (Å²) in [4.78, 5) is 40.9. The van der Waals surface area contributed by atoms with Crippen LogP contribution in [0.15, 0.2) is 18.2 Å². The van der Waals surface area contributed by atoms with Gasteiger partial charge in [-0.1, -0.05) is 12.1 Å². The summed E-state index contributed by atoms with van der Waals surface area (Å²) < 4.78 is 0. The number of carbonyl (C=O) groups excluding carboxylic acids is 3. The van der Waals surface area contributed by atoms with Crippen LogP contribution in [0.3, 0.4) is 0 Å². The molecule has 0 radical (unpaired) electrons. The van der Waals surface area contributed by atoms with Crippen LogP contribution in [0.2, 0.25) is 0 Å². The molecule has 0 aliphatic carbocycles. The Morgan fingerprint density at radius 1 is 1.14 bits per heavy atom. The first-order chi connectivity index (χ1) is 14.0. The van der Waals surface area contributed by atoms with Gasteiger partial charge in [-0.15, -0.1) is 0 Å². The lowest BCUT2D eigenvalue weighted by Crippen LogP contribution is -2.53. The van der Waals surface area contributed by atoms with Crippen LogP contribution in [0.1, 0.15) is 60.0 Å². The molecule has 2 N–H and O–H groups in total. The van der Waals surface area contributed by atoms with E-state index >= 15 is 0 Å². The summed E-state index contributed by atoms with van der Waals surface area (Å²) in [5.74, 6) is -0.700. The van der Waals surface area contributed by atoms with Gasteiger partial charge in [0, 0.05) is 37.2 Å². The van der Waals surface area contributed by atoms with Gasteiger partial charge >= 0.3 is 0 Å². The number of likely N-dealkylation sites (tertiary alicyclic amines) is 1. The van der Waals surface area contributed by atoms with Crippen molar-refractivity contribution in [1.29, 1.82) is 0 Å². The molecule has 4 aliphatic heterocycles. The van der Waals surface area contributed by atoms with Crippen LogP contribution in [-0.4, -0.2) is 58.7 Å². The van der Waals surface area contributed by atoms with E-state index in [2.05, 4.69) is 21.6 Å². The summed E-state index contributed by atoms with van der Waals surface area (Å²) in [7, 11) is 0. The van der Waals surface area contributed by atoms with Gasteiger partial charge in [-0.05, 0) is 62.4 Å². The van der Waals surface area contributed by atoms with Gasteiger partial charge in [0.05, 0.1) is 0 Å². The summed E-state index contributed by atoms with van der Waals surface area (Å²) in [6, 6.07) is 5.38. The van der Waals surface area contributed by atoms with Crippen molar-refractivity contribution in [3.8, 4) is 0 Å². The molecule has 1 aromatic carbocycles. The van der Waals surface area contributed by atoms with Gasteiger partial charge in [0.1, 0.15) is 6.04 Å². The molecule has 3 fully saturated rings. The molecule has 1 spiro atoms. The lowest BCUT2D eigenvalue weighted by molar-refractivity contribution is -0.136. The number of carbonyl (C=O) groups is 3. The number of benzene rings is 1. The Balaban J connectivity index is 1.34. The zero-order valence-corrected chi connectivity index (χ0v) is 16.7. The Hall–Kier alpha value is -2.25. The molecular weight excluding hydrogens is 368 g/mol. The summed E-state index contributed by atoms with van der Waals surface area (Å²) in [6.45, 7) is 4.54. The molecule has 5 rings (SSSR count). The number of imide groups is 1. The number of piperidine rings is 2. The van der Waals surface area contributed by atoms with Crippen molar-refractivity contribution in [3.63, 3.8) is 0 Å². The van der Waals surface area contributed by atoms with Gasteiger partial charge in [-0.3, -0.25) is 24.6 Å². The van der Waals surface area contributed by atoms with E-state index in [1.165, 1.54) is 31.2 Å². The molecule has 154 valence electrons. The molecule has 3 amide bonds. The highest BCUT2D eigenvalue weighted by Crippen LogP contribution is 2.33. The van der Waals surface area contributed by atoms with Crippen molar-refractivity contribution in [2.75, 3.05) is 19.6 Å². The number of hydrogen-bond donors (Lipinski definition) is 2. The van der Waals surface area contributed by atoms with E-state index in [-0.39, 0.29) is 29.7 Å². The predicted octanol–water partition coefficient (Wildman–Crippen LogP) is 1.17. The Morgan fingerprint density at radius 3 is 2.79 bits per heavy atom. The molecule has 3 saturated heterocycles. The largest absolute Gasteiger partial charge is 0.322 e. The maximum absolute atomic E-state index is 13.0. The predicted molar refractivity (Wildman–Crippen MR) is 107 cm³/mol. The summed E-state index contributed by atoms with van der Waals surface area (Å²) in [5, 5.41) is 6.10. The van der Waals surface area contributed by atoms with E-state index in [0.29, 0.717) is 18.5 Å². The molecule has 4 heterocycles. The van der Waals surface area contributed by atoms with Gasteiger partial charge < -0.3 is 10.2 Å². The average molecular weight is 396 g/mol. The number of rotatable bonds is 3. The maximum atomic E-state index is 13.0. The number of amides is 3. The van der Waals surface area contributed by atoms with Crippen molar-refractivity contribution in [2.24, 2.45) is 0 Å². The molecule has 2 atom stereocenters. The molecule has 0 saturated carbocycles. The first kappa shape index (κ1) is 18.8. The van der Waals surface area contributed by atoms with Crippen LogP contribution in [0.25, 0.3) is 0 Å². The maximum Gasteiger partial charge on any atom is 0.255 e. The standard InChI is InChI=1S/C22H28N4O3/c27-19-7-6-18(20(28)24-19)26-13-17-15(4-1-5-16(17)21(26)29)12-25-11-3-9-22(14-25)8-2-10-23-22/h1,4-5,18,23H,2-3,6-14H2,(H,24,27,28). The first-order valence-corrected chi connectivity index (χ1v) is 10.8. The Kier molecular flexibility index (Phi) is 4.67. The molecule has 0 aromatic heterocycles. The molecule has 7 heteroatoms. The molecule has 7 nitrogen and oxygen atoms in total. The second-order valence-electron chi connectivity index (χ2n) is 8.97. The number of hydrogen-bond acceptors (Lipinski definition) is 5. The third-order valence-corrected chi connectivity index (χ3v) is 7.06. The summed E-state index contributed by atoms with van der Waals surface area (Å²) in [5.41, 5.74) is 3.20. The summed E-state index contributed by atoms with van der Waals surface area (Å²) >= 11 is 0. The quantitative estimate of drug-likeness (QED) is 0.750. The Morgan fingerprint density at radius 2 is 2.00 bits per heavy atom. The van der Waals surface area contributed by atoms with E-state index in [0.717, 1.165) is 31.7 Å².